The van der Waals surface area contributed by atoms with Crippen LogP contribution in [-0.4, -0.2) is 29.1 Å². The Morgan fingerprint density at radius 1 is 1.80 bits per heavy atom. The van der Waals surface area contributed by atoms with Crippen molar-refractivity contribution >= 4 is 21.9 Å². The van der Waals surface area contributed by atoms with Gasteiger partial charge in [-0.05, 0) is 13.3 Å². The maximum absolute atomic E-state index is 10.2. The van der Waals surface area contributed by atoms with E-state index in [4.69, 9.17) is 9.84 Å². The fourth-order valence-electron chi connectivity index (χ4n) is 0.488. The minimum absolute atomic E-state index is 0.0134. The predicted octanol–water partition coefficient (Wildman–Crippen LogP) is 1.26. The molecule has 0 radical (unpaired) electrons. The Balaban J connectivity index is 3.56. The Bertz CT molecular complexity index is 116. The highest BCUT2D eigenvalue weighted by Crippen LogP contribution is 2.09. The molecule has 2 unspecified atom stereocenters. The average molecular weight is 211 g/mol. The van der Waals surface area contributed by atoms with Gasteiger partial charge < -0.3 is 9.84 Å². The zero-order chi connectivity index (χ0) is 8.15. The van der Waals surface area contributed by atoms with Crippen LogP contribution in [-0.2, 0) is 9.53 Å². The lowest BCUT2D eigenvalue weighted by Gasteiger charge is -2.10. The van der Waals surface area contributed by atoms with Crippen molar-refractivity contribution < 1.29 is 14.6 Å². The van der Waals surface area contributed by atoms with Gasteiger partial charge >= 0.3 is 5.97 Å². The second-order valence-electron chi connectivity index (χ2n) is 2.09. The number of ether oxygens (including phenoxy) is 1. The highest BCUT2D eigenvalue weighted by molar-refractivity contribution is 9.10. The van der Waals surface area contributed by atoms with Crippen LogP contribution in [0.4, 0.5) is 0 Å². The van der Waals surface area contributed by atoms with E-state index in [-0.39, 0.29) is 6.10 Å². The third-order valence-electron chi connectivity index (χ3n) is 1.21. The summed E-state index contributed by atoms with van der Waals surface area (Å²) in [6.07, 6.45) is 0.478. The highest BCUT2D eigenvalue weighted by atomic mass is 79.9. The average Bonchev–Trinajstić information content (AvgIpc) is 1.87. The number of carboxylic acids is 1. The maximum Gasteiger partial charge on any atom is 0.317 e. The lowest BCUT2D eigenvalue weighted by molar-refractivity contribution is -0.136. The summed E-state index contributed by atoms with van der Waals surface area (Å²) in [6.45, 7) is 1.83. The molecule has 0 aliphatic carbocycles. The maximum atomic E-state index is 10.2. The number of alkyl halides is 1. The number of rotatable bonds is 4. The van der Waals surface area contributed by atoms with Crippen LogP contribution >= 0.6 is 15.9 Å². The van der Waals surface area contributed by atoms with Gasteiger partial charge in [0.05, 0.1) is 6.10 Å². The molecule has 0 amide bonds. The van der Waals surface area contributed by atoms with Gasteiger partial charge in [-0.2, -0.15) is 0 Å². The first kappa shape index (κ1) is 9.91. The monoisotopic (exact) mass is 210 g/mol. The van der Waals surface area contributed by atoms with Crippen molar-refractivity contribution in [3.8, 4) is 0 Å². The van der Waals surface area contributed by atoms with Crippen molar-refractivity contribution in [2.24, 2.45) is 0 Å². The van der Waals surface area contributed by atoms with E-state index in [1.54, 1.807) is 7.11 Å². The van der Waals surface area contributed by atoms with Gasteiger partial charge in [0.25, 0.3) is 0 Å². The summed E-state index contributed by atoms with van der Waals surface area (Å²) in [7, 11) is 1.56. The van der Waals surface area contributed by atoms with Gasteiger partial charge in [-0.3, -0.25) is 4.79 Å². The molecular formula is C6H11BrO3. The van der Waals surface area contributed by atoms with Crippen molar-refractivity contribution in [2.75, 3.05) is 7.11 Å². The molecular weight excluding hydrogens is 200 g/mol. The van der Waals surface area contributed by atoms with Crippen LogP contribution in [0.3, 0.4) is 0 Å². The van der Waals surface area contributed by atoms with E-state index in [0.717, 1.165) is 0 Å². The SMILES string of the molecule is COC(C)CC(Br)C(=O)O. The molecule has 0 aromatic rings. The van der Waals surface area contributed by atoms with Crippen molar-refractivity contribution in [3.05, 3.63) is 0 Å². The Hall–Kier alpha value is -0.0900. The molecule has 0 aromatic carbocycles. The van der Waals surface area contributed by atoms with E-state index in [1.165, 1.54) is 0 Å². The number of carboxylic acid groups (broad SMARTS) is 1. The van der Waals surface area contributed by atoms with E-state index >= 15 is 0 Å². The summed E-state index contributed by atoms with van der Waals surface area (Å²) in [6, 6.07) is 0. The van der Waals surface area contributed by atoms with Crippen LogP contribution in [0.15, 0.2) is 0 Å². The molecule has 0 spiro atoms. The molecule has 0 heterocycles. The lowest BCUT2D eigenvalue weighted by Crippen LogP contribution is -2.19. The molecule has 0 fully saturated rings. The number of aliphatic carboxylic acids is 1. The normalized spacial score (nSPS) is 16.3. The van der Waals surface area contributed by atoms with Crippen LogP contribution < -0.4 is 0 Å². The molecule has 60 valence electrons. The molecule has 1 N–H and O–H groups in total. The van der Waals surface area contributed by atoms with Crippen molar-refractivity contribution in [1.29, 1.82) is 0 Å². The topological polar surface area (TPSA) is 46.5 Å². The molecule has 0 saturated heterocycles. The van der Waals surface area contributed by atoms with Gasteiger partial charge in [0.15, 0.2) is 0 Å². The number of hydrogen-bond acceptors (Lipinski definition) is 2. The molecule has 3 nitrogen and oxygen atoms in total. The molecule has 0 aromatic heterocycles. The predicted molar refractivity (Wildman–Crippen MR) is 41.4 cm³/mol. The summed E-state index contributed by atoms with van der Waals surface area (Å²) in [5, 5.41) is 8.42. The Labute approximate surface area is 68.5 Å². The van der Waals surface area contributed by atoms with Crippen LogP contribution in [0, 0.1) is 0 Å². The van der Waals surface area contributed by atoms with Crippen molar-refractivity contribution in [3.63, 3.8) is 0 Å². The molecule has 2 atom stereocenters. The van der Waals surface area contributed by atoms with Gasteiger partial charge in [-0.25, -0.2) is 0 Å². The van der Waals surface area contributed by atoms with E-state index in [1.807, 2.05) is 6.92 Å². The Kier molecular flexibility index (Phi) is 4.64. The fraction of sp³-hybridized carbons (Fsp3) is 0.833. The van der Waals surface area contributed by atoms with Crippen molar-refractivity contribution in [2.45, 2.75) is 24.3 Å². The second-order valence-corrected chi connectivity index (χ2v) is 3.19. The van der Waals surface area contributed by atoms with Gasteiger partial charge in [0.1, 0.15) is 4.83 Å². The summed E-state index contributed by atoms with van der Waals surface area (Å²) < 4.78 is 4.88. The van der Waals surface area contributed by atoms with Crippen LogP contribution in [0.1, 0.15) is 13.3 Å². The van der Waals surface area contributed by atoms with Crippen LogP contribution in [0.2, 0.25) is 0 Å². The van der Waals surface area contributed by atoms with Crippen LogP contribution in [0.5, 0.6) is 0 Å². The Morgan fingerprint density at radius 3 is 2.60 bits per heavy atom. The minimum Gasteiger partial charge on any atom is -0.480 e. The molecule has 0 aliphatic rings. The first-order valence-corrected chi connectivity index (χ1v) is 3.89. The molecule has 0 rings (SSSR count). The molecule has 10 heavy (non-hydrogen) atoms. The largest absolute Gasteiger partial charge is 0.480 e. The smallest absolute Gasteiger partial charge is 0.317 e. The lowest BCUT2D eigenvalue weighted by atomic mass is 10.2. The third kappa shape index (κ3) is 3.85. The third-order valence-corrected chi connectivity index (χ3v) is 1.97. The standard InChI is InChI=1S/C6H11BrO3/c1-4(10-2)3-5(7)6(8)9/h4-5H,3H2,1-2H3,(H,8,9). The number of carbonyl (C=O) groups is 1. The number of methoxy groups -OCH3 is 1. The van der Waals surface area contributed by atoms with Gasteiger partial charge in [-0.15, -0.1) is 0 Å². The molecule has 0 aliphatic heterocycles. The Morgan fingerprint density at radius 2 is 2.30 bits per heavy atom. The molecule has 0 saturated carbocycles. The van der Waals surface area contributed by atoms with E-state index in [2.05, 4.69) is 15.9 Å². The zero-order valence-electron chi connectivity index (χ0n) is 6.00. The quantitative estimate of drug-likeness (QED) is 0.712. The fourth-order valence-corrected chi connectivity index (χ4v) is 1.01. The first-order chi connectivity index (χ1) is 4.57. The zero-order valence-corrected chi connectivity index (χ0v) is 7.59. The summed E-state index contributed by atoms with van der Waals surface area (Å²) in [5.41, 5.74) is 0. The number of hydrogen-bond donors (Lipinski definition) is 1. The van der Waals surface area contributed by atoms with E-state index in [0.29, 0.717) is 6.42 Å². The van der Waals surface area contributed by atoms with Gasteiger partial charge in [0.2, 0.25) is 0 Å². The summed E-state index contributed by atoms with van der Waals surface area (Å²) in [5.74, 6) is -0.844. The van der Waals surface area contributed by atoms with Crippen LogP contribution in [0.25, 0.3) is 0 Å². The van der Waals surface area contributed by atoms with E-state index in [9.17, 15) is 4.79 Å². The van der Waals surface area contributed by atoms with Gasteiger partial charge in [0, 0.05) is 7.11 Å². The minimum atomic E-state index is -0.844. The first-order valence-electron chi connectivity index (χ1n) is 2.97. The van der Waals surface area contributed by atoms with E-state index < -0.39 is 10.8 Å². The van der Waals surface area contributed by atoms with Crippen molar-refractivity contribution in [1.82, 2.24) is 0 Å². The second kappa shape index (κ2) is 4.68. The number of halogens is 1. The molecule has 0 bridgehead atoms. The summed E-state index contributed by atoms with van der Waals surface area (Å²) >= 11 is 3.00. The summed E-state index contributed by atoms with van der Waals surface area (Å²) in [4.78, 5) is 9.75. The molecule has 4 heteroatoms. The van der Waals surface area contributed by atoms with Gasteiger partial charge in [-0.1, -0.05) is 15.9 Å². The highest BCUT2D eigenvalue weighted by Gasteiger charge is 2.15.